The molecule has 0 aromatic heterocycles. The quantitative estimate of drug-likeness (QED) is 0.475. The number of hydrogen-bond donors (Lipinski definition) is 0. The van der Waals surface area contributed by atoms with Crippen LogP contribution in [0.15, 0.2) is 16.6 Å². The molecule has 0 heterocycles. The molecule has 0 unspecified atom stereocenters. The van der Waals surface area contributed by atoms with Crippen LogP contribution in [0.4, 0.5) is 8.78 Å². The molecule has 1 aromatic rings. The van der Waals surface area contributed by atoms with Crippen LogP contribution in [0.2, 0.25) is 0 Å². The molecule has 0 aliphatic heterocycles. The second kappa shape index (κ2) is 5.05. The highest BCUT2D eigenvalue weighted by Gasteiger charge is 2.07. The Kier molecular flexibility index (Phi) is 4.00. The number of benzene rings is 1. The summed E-state index contributed by atoms with van der Waals surface area (Å²) in [6.07, 6.45) is 0.344. The van der Waals surface area contributed by atoms with Crippen LogP contribution >= 0.6 is 15.9 Å². The van der Waals surface area contributed by atoms with E-state index in [4.69, 9.17) is 0 Å². The molecule has 0 radical (unpaired) electrons. The van der Waals surface area contributed by atoms with Gasteiger partial charge in [-0.2, -0.15) is 0 Å². The first-order chi connectivity index (χ1) is 6.65. The monoisotopic (exact) mass is 264 g/mol. The second-order valence-electron chi connectivity index (χ2n) is 2.57. The standard InChI is InChI=1S/C9H7BrF2O2/c10-7-4-9(12)8(11)3-6(7)1-2-14-5-13/h3-5H,1-2H2. The van der Waals surface area contributed by atoms with Gasteiger partial charge >= 0.3 is 0 Å². The summed E-state index contributed by atoms with van der Waals surface area (Å²) >= 11 is 3.08. The van der Waals surface area contributed by atoms with Crippen molar-refractivity contribution in [2.45, 2.75) is 6.42 Å². The molecule has 0 saturated heterocycles. The zero-order chi connectivity index (χ0) is 10.6. The molecule has 1 aromatic carbocycles. The minimum Gasteiger partial charge on any atom is -0.468 e. The van der Waals surface area contributed by atoms with Crippen LogP contribution in [0, 0.1) is 11.6 Å². The van der Waals surface area contributed by atoms with Gasteiger partial charge in [-0.25, -0.2) is 8.78 Å². The third kappa shape index (κ3) is 2.77. The van der Waals surface area contributed by atoms with Crippen LogP contribution < -0.4 is 0 Å². The van der Waals surface area contributed by atoms with E-state index < -0.39 is 11.6 Å². The highest BCUT2D eigenvalue weighted by Crippen LogP contribution is 2.20. The molecule has 0 atom stereocenters. The fourth-order valence-electron chi connectivity index (χ4n) is 0.972. The van der Waals surface area contributed by atoms with Gasteiger partial charge in [-0.3, -0.25) is 4.79 Å². The normalized spacial score (nSPS) is 9.93. The molecule has 76 valence electrons. The number of rotatable bonds is 4. The first-order valence-corrected chi connectivity index (χ1v) is 4.63. The van der Waals surface area contributed by atoms with E-state index >= 15 is 0 Å². The minimum atomic E-state index is -0.908. The molecule has 0 saturated carbocycles. The Hall–Kier alpha value is -0.970. The van der Waals surface area contributed by atoms with E-state index in [0.717, 1.165) is 12.1 Å². The van der Waals surface area contributed by atoms with Gasteiger partial charge in [0.1, 0.15) is 0 Å². The Balaban J connectivity index is 2.76. The fraction of sp³-hybridized carbons (Fsp3) is 0.222. The van der Waals surface area contributed by atoms with Gasteiger partial charge in [0.2, 0.25) is 0 Å². The second-order valence-corrected chi connectivity index (χ2v) is 3.43. The van der Waals surface area contributed by atoms with E-state index in [1.54, 1.807) is 0 Å². The van der Waals surface area contributed by atoms with Crippen molar-refractivity contribution >= 4 is 22.4 Å². The Morgan fingerprint density at radius 3 is 2.64 bits per heavy atom. The van der Waals surface area contributed by atoms with Gasteiger partial charge in [0.15, 0.2) is 11.6 Å². The van der Waals surface area contributed by atoms with Crippen molar-refractivity contribution in [3.05, 3.63) is 33.8 Å². The number of halogens is 3. The highest BCUT2D eigenvalue weighted by molar-refractivity contribution is 9.10. The Morgan fingerprint density at radius 2 is 2.00 bits per heavy atom. The van der Waals surface area contributed by atoms with Crippen molar-refractivity contribution in [1.82, 2.24) is 0 Å². The SMILES string of the molecule is O=COCCc1cc(F)c(F)cc1Br. The predicted octanol–water partition coefficient (Wildman–Crippen LogP) is 2.44. The third-order valence-electron chi connectivity index (χ3n) is 1.65. The zero-order valence-electron chi connectivity index (χ0n) is 7.10. The summed E-state index contributed by atoms with van der Waals surface area (Å²) in [6.45, 7) is 0.459. The molecule has 0 spiro atoms. The molecule has 0 N–H and O–H groups in total. The van der Waals surface area contributed by atoms with Crippen molar-refractivity contribution in [1.29, 1.82) is 0 Å². The van der Waals surface area contributed by atoms with Crippen LogP contribution in [0.3, 0.4) is 0 Å². The van der Waals surface area contributed by atoms with Gasteiger partial charge in [-0.05, 0) is 17.7 Å². The molecular weight excluding hydrogens is 258 g/mol. The molecule has 0 aliphatic carbocycles. The lowest BCUT2D eigenvalue weighted by Gasteiger charge is -2.04. The van der Waals surface area contributed by atoms with Crippen molar-refractivity contribution in [3.8, 4) is 0 Å². The molecule has 0 fully saturated rings. The number of carbonyl (C=O) groups is 1. The van der Waals surface area contributed by atoms with Crippen LogP contribution in [0.25, 0.3) is 0 Å². The molecule has 2 nitrogen and oxygen atoms in total. The zero-order valence-corrected chi connectivity index (χ0v) is 8.68. The van der Waals surface area contributed by atoms with Crippen LogP contribution in [0.5, 0.6) is 0 Å². The molecular formula is C9H7BrF2O2. The van der Waals surface area contributed by atoms with E-state index in [2.05, 4.69) is 20.7 Å². The molecule has 14 heavy (non-hydrogen) atoms. The molecule has 0 amide bonds. The molecule has 5 heteroatoms. The van der Waals surface area contributed by atoms with Crippen LogP contribution in [-0.2, 0) is 16.0 Å². The van der Waals surface area contributed by atoms with E-state index in [1.807, 2.05) is 0 Å². The van der Waals surface area contributed by atoms with Gasteiger partial charge in [-0.15, -0.1) is 0 Å². The number of ether oxygens (including phenoxy) is 1. The smallest absolute Gasteiger partial charge is 0.293 e. The van der Waals surface area contributed by atoms with E-state index in [0.29, 0.717) is 22.9 Å². The van der Waals surface area contributed by atoms with Crippen molar-refractivity contribution in [2.75, 3.05) is 6.61 Å². The third-order valence-corrected chi connectivity index (χ3v) is 2.38. The van der Waals surface area contributed by atoms with Crippen molar-refractivity contribution < 1.29 is 18.3 Å². The lowest BCUT2D eigenvalue weighted by Crippen LogP contribution is -1.99. The largest absolute Gasteiger partial charge is 0.468 e. The van der Waals surface area contributed by atoms with Crippen molar-refractivity contribution in [2.24, 2.45) is 0 Å². The lowest BCUT2D eigenvalue weighted by molar-refractivity contribution is -0.128. The topological polar surface area (TPSA) is 26.3 Å². The summed E-state index contributed by atoms with van der Waals surface area (Å²) in [4.78, 5) is 9.83. The average molecular weight is 265 g/mol. The van der Waals surface area contributed by atoms with Gasteiger partial charge in [0, 0.05) is 10.9 Å². The summed E-state index contributed by atoms with van der Waals surface area (Å²) in [6, 6.07) is 2.12. The number of carbonyl (C=O) groups excluding carboxylic acids is 1. The van der Waals surface area contributed by atoms with E-state index in [9.17, 15) is 13.6 Å². The summed E-state index contributed by atoms with van der Waals surface area (Å²) in [7, 11) is 0. The Labute approximate surface area is 88.0 Å². The van der Waals surface area contributed by atoms with Gasteiger partial charge < -0.3 is 4.74 Å². The number of hydrogen-bond acceptors (Lipinski definition) is 2. The Morgan fingerprint density at radius 1 is 1.36 bits per heavy atom. The lowest BCUT2D eigenvalue weighted by atomic mass is 10.1. The fourth-order valence-corrected chi connectivity index (χ4v) is 1.49. The van der Waals surface area contributed by atoms with Gasteiger partial charge in [0.25, 0.3) is 6.47 Å². The van der Waals surface area contributed by atoms with Crippen LogP contribution in [0.1, 0.15) is 5.56 Å². The van der Waals surface area contributed by atoms with E-state index in [-0.39, 0.29) is 6.61 Å². The predicted molar refractivity (Wildman–Crippen MR) is 49.8 cm³/mol. The first-order valence-electron chi connectivity index (χ1n) is 3.84. The van der Waals surface area contributed by atoms with Gasteiger partial charge in [0.05, 0.1) is 6.61 Å². The summed E-state index contributed by atoms with van der Waals surface area (Å²) in [5, 5.41) is 0. The molecule has 1 rings (SSSR count). The molecule has 0 bridgehead atoms. The van der Waals surface area contributed by atoms with Crippen molar-refractivity contribution in [3.63, 3.8) is 0 Å². The average Bonchev–Trinajstić information content (AvgIpc) is 2.14. The highest BCUT2D eigenvalue weighted by atomic mass is 79.9. The maximum Gasteiger partial charge on any atom is 0.293 e. The first kappa shape index (κ1) is 11.1. The summed E-state index contributed by atoms with van der Waals surface area (Å²) in [5.74, 6) is -1.81. The minimum absolute atomic E-state index is 0.146. The van der Waals surface area contributed by atoms with Crippen LogP contribution in [-0.4, -0.2) is 13.1 Å². The molecule has 0 aliphatic rings. The Bertz CT molecular complexity index is 342. The maximum absolute atomic E-state index is 12.8. The van der Waals surface area contributed by atoms with Gasteiger partial charge in [-0.1, -0.05) is 15.9 Å². The summed E-state index contributed by atoms with van der Waals surface area (Å²) in [5.41, 5.74) is 0.561. The maximum atomic E-state index is 12.8. The van der Waals surface area contributed by atoms with E-state index in [1.165, 1.54) is 0 Å². The summed E-state index contributed by atoms with van der Waals surface area (Å²) < 4.78 is 30.3.